The summed E-state index contributed by atoms with van der Waals surface area (Å²) in [6.07, 6.45) is 2.06. The molecule has 21 heavy (non-hydrogen) atoms. The Morgan fingerprint density at radius 1 is 1.29 bits per heavy atom. The molecule has 1 aromatic carbocycles. The largest absolute Gasteiger partial charge is 0.497 e. The van der Waals surface area contributed by atoms with Gasteiger partial charge in [-0.3, -0.25) is 4.98 Å². The van der Waals surface area contributed by atoms with Gasteiger partial charge in [-0.25, -0.2) is 4.79 Å². The third kappa shape index (κ3) is 2.15. The molecule has 1 aliphatic carbocycles. The Bertz CT molecular complexity index is 724. The number of aromatic carboxylic acids is 1. The highest BCUT2D eigenvalue weighted by atomic mass is 16.5. The Morgan fingerprint density at radius 2 is 2.00 bits per heavy atom. The van der Waals surface area contributed by atoms with E-state index in [9.17, 15) is 9.90 Å². The normalized spacial score (nSPS) is 21.1. The van der Waals surface area contributed by atoms with E-state index in [1.807, 2.05) is 12.1 Å². The van der Waals surface area contributed by atoms with E-state index < -0.39 is 5.97 Å². The first kappa shape index (κ1) is 13.9. The number of pyridine rings is 1. The maximum atomic E-state index is 11.9. The predicted molar refractivity (Wildman–Crippen MR) is 81.3 cm³/mol. The molecular formula is C17H19NO3. The maximum absolute atomic E-state index is 11.9. The SMILES string of the molecule is COc1ccc2nc3c(c(C(=O)O)c2c1)C(C)CCC3C. The summed E-state index contributed by atoms with van der Waals surface area (Å²) in [6, 6.07) is 5.44. The Balaban J connectivity index is 2.41. The molecule has 4 heteroatoms. The number of ether oxygens (including phenoxy) is 1. The molecule has 2 unspecified atom stereocenters. The molecule has 0 bridgehead atoms. The number of carboxylic acids is 1. The molecule has 1 aliphatic rings. The first-order valence-electron chi connectivity index (χ1n) is 7.27. The second-order valence-corrected chi connectivity index (χ2v) is 5.85. The number of fused-ring (bicyclic) bond motifs is 2. The molecule has 110 valence electrons. The summed E-state index contributed by atoms with van der Waals surface area (Å²) in [7, 11) is 1.58. The van der Waals surface area contributed by atoms with Crippen molar-refractivity contribution in [2.45, 2.75) is 38.5 Å². The lowest BCUT2D eigenvalue weighted by molar-refractivity contribution is 0.0696. The Kier molecular flexibility index (Phi) is 3.32. The van der Waals surface area contributed by atoms with Crippen LogP contribution in [0.1, 0.15) is 60.1 Å². The van der Waals surface area contributed by atoms with Gasteiger partial charge in [0.2, 0.25) is 0 Å². The average molecular weight is 285 g/mol. The maximum Gasteiger partial charge on any atom is 0.336 e. The van der Waals surface area contributed by atoms with Crippen molar-refractivity contribution < 1.29 is 14.6 Å². The van der Waals surface area contributed by atoms with Crippen LogP contribution in [0.4, 0.5) is 0 Å². The van der Waals surface area contributed by atoms with Crippen LogP contribution in [0.5, 0.6) is 5.75 Å². The van der Waals surface area contributed by atoms with Gasteiger partial charge in [-0.15, -0.1) is 0 Å². The average Bonchev–Trinajstić information content (AvgIpc) is 2.48. The fourth-order valence-electron chi connectivity index (χ4n) is 3.29. The van der Waals surface area contributed by atoms with Crippen LogP contribution in [-0.2, 0) is 0 Å². The summed E-state index contributed by atoms with van der Waals surface area (Å²) in [5.74, 6) is 0.308. The Labute approximate surface area is 123 Å². The molecule has 3 rings (SSSR count). The van der Waals surface area contributed by atoms with Gasteiger partial charge in [0.15, 0.2) is 0 Å². The van der Waals surface area contributed by atoms with Crippen LogP contribution < -0.4 is 4.74 Å². The van der Waals surface area contributed by atoms with Crippen molar-refractivity contribution in [3.63, 3.8) is 0 Å². The van der Waals surface area contributed by atoms with Gasteiger partial charge < -0.3 is 9.84 Å². The van der Waals surface area contributed by atoms with Gasteiger partial charge in [0.05, 0.1) is 18.2 Å². The first-order valence-corrected chi connectivity index (χ1v) is 7.27. The number of carbonyl (C=O) groups is 1. The molecule has 0 saturated carbocycles. The van der Waals surface area contributed by atoms with Gasteiger partial charge in [-0.05, 0) is 48.4 Å². The number of nitrogens with zero attached hydrogens (tertiary/aromatic N) is 1. The zero-order valence-electron chi connectivity index (χ0n) is 12.5. The van der Waals surface area contributed by atoms with Crippen LogP contribution in [0.15, 0.2) is 18.2 Å². The monoisotopic (exact) mass is 285 g/mol. The molecule has 0 spiro atoms. The van der Waals surface area contributed by atoms with Gasteiger partial charge in [-0.1, -0.05) is 13.8 Å². The Morgan fingerprint density at radius 3 is 2.67 bits per heavy atom. The van der Waals surface area contributed by atoms with Crippen molar-refractivity contribution in [1.82, 2.24) is 4.98 Å². The minimum atomic E-state index is -0.882. The van der Waals surface area contributed by atoms with E-state index in [1.165, 1.54) is 0 Å². The second kappa shape index (κ2) is 5.02. The summed E-state index contributed by atoms with van der Waals surface area (Å²) in [5.41, 5.74) is 2.98. The number of benzene rings is 1. The van der Waals surface area contributed by atoms with Gasteiger partial charge in [0.25, 0.3) is 0 Å². The molecule has 0 saturated heterocycles. The summed E-state index contributed by atoms with van der Waals surface area (Å²) in [5, 5.41) is 10.4. The van der Waals surface area contributed by atoms with E-state index in [2.05, 4.69) is 13.8 Å². The highest BCUT2D eigenvalue weighted by Crippen LogP contribution is 2.41. The zero-order valence-corrected chi connectivity index (χ0v) is 12.5. The summed E-state index contributed by atoms with van der Waals surface area (Å²) in [4.78, 5) is 16.6. The quantitative estimate of drug-likeness (QED) is 0.907. The molecular weight excluding hydrogens is 266 g/mol. The molecule has 0 aliphatic heterocycles. The number of hydrogen-bond acceptors (Lipinski definition) is 3. The Hall–Kier alpha value is -2.10. The van der Waals surface area contributed by atoms with Crippen LogP contribution in [-0.4, -0.2) is 23.2 Å². The molecule has 2 aromatic rings. The smallest absolute Gasteiger partial charge is 0.336 e. The number of carboxylic acid groups (broad SMARTS) is 1. The molecule has 1 heterocycles. The fourth-order valence-corrected chi connectivity index (χ4v) is 3.29. The van der Waals surface area contributed by atoms with Crippen molar-refractivity contribution in [2.24, 2.45) is 0 Å². The van der Waals surface area contributed by atoms with E-state index in [0.717, 1.165) is 29.6 Å². The minimum Gasteiger partial charge on any atom is -0.497 e. The van der Waals surface area contributed by atoms with Crippen molar-refractivity contribution in [2.75, 3.05) is 7.11 Å². The van der Waals surface area contributed by atoms with Crippen molar-refractivity contribution in [1.29, 1.82) is 0 Å². The standard InChI is InChI=1S/C17H19NO3/c1-9-4-5-10(2)16-14(9)15(17(19)20)12-8-11(21-3)6-7-13(12)18-16/h6-10H,4-5H2,1-3H3,(H,19,20). The molecule has 0 radical (unpaired) electrons. The van der Waals surface area contributed by atoms with Crippen molar-refractivity contribution >= 4 is 16.9 Å². The van der Waals surface area contributed by atoms with Gasteiger partial charge >= 0.3 is 5.97 Å². The highest BCUT2D eigenvalue weighted by molar-refractivity contribution is 6.04. The minimum absolute atomic E-state index is 0.227. The lowest BCUT2D eigenvalue weighted by atomic mass is 9.78. The van der Waals surface area contributed by atoms with Gasteiger partial charge in [0, 0.05) is 11.1 Å². The number of hydrogen-bond donors (Lipinski definition) is 1. The molecule has 1 N–H and O–H groups in total. The predicted octanol–water partition coefficient (Wildman–Crippen LogP) is 3.94. The van der Waals surface area contributed by atoms with Crippen molar-refractivity contribution in [3.05, 3.63) is 35.0 Å². The fraction of sp³-hybridized carbons (Fsp3) is 0.412. The highest BCUT2D eigenvalue weighted by Gasteiger charge is 2.30. The molecule has 1 aromatic heterocycles. The zero-order chi connectivity index (χ0) is 15.1. The van der Waals surface area contributed by atoms with Crippen LogP contribution >= 0.6 is 0 Å². The van der Waals surface area contributed by atoms with Crippen LogP contribution in [0.3, 0.4) is 0 Å². The van der Waals surface area contributed by atoms with E-state index >= 15 is 0 Å². The molecule has 0 fully saturated rings. The number of methoxy groups -OCH3 is 1. The van der Waals surface area contributed by atoms with Crippen molar-refractivity contribution in [3.8, 4) is 5.75 Å². The number of aromatic nitrogens is 1. The lowest BCUT2D eigenvalue weighted by Crippen LogP contribution is -2.18. The molecule has 0 amide bonds. The van der Waals surface area contributed by atoms with E-state index in [-0.39, 0.29) is 5.92 Å². The summed E-state index contributed by atoms with van der Waals surface area (Å²) in [6.45, 7) is 4.21. The van der Waals surface area contributed by atoms with Gasteiger partial charge in [0.1, 0.15) is 5.75 Å². The van der Waals surface area contributed by atoms with Crippen LogP contribution in [0.2, 0.25) is 0 Å². The van der Waals surface area contributed by atoms with E-state index in [1.54, 1.807) is 13.2 Å². The summed E-state index contributed by atoms with van der Waals surface area (Å²) < 4.78 is 5.23. The second-order valence-electron chi connectivity index (χ2n) is 5.85. The van der Waals surface area contributed by atoms with E-state index in [4.69, 9.17) is 9.72 Å². The summed E-state index contributed by atoms with van der Waals surface area (Å²) >= 11 is 0. The topological polar surface area (TPSA) is 59.4 Å². The third-order valence-corrected chi connectivity index (χ3v) is 4.47. The third-order valence-electron chi connectivity index (χ3n) is 4.47. The van der Waals surface area contributed by atoms with Crippen LogP contribution in [0, 0.1) is 0 Å². The van der Waals surface area contributed by atoms with Gasteiger partial charge in [-0.2, -0.15) is 0 Å². The lowest BCUT2D eigenvalue weighted by Gasteiger charge is -2.28. The molecule has 2 atom stereocenters. The number of rotatable bonds is 2. The van der Waals surface area contributed by atoms with E-state index in [0.29, 0.717) is 22.6 Å². The molecule has 4 nitrogen and oxygen atoms in total. The van der Waals surface area contributed by atoms with Crippen LogP contribution in [0.25, 0.3) is 10.9 Å². The first-order chi connectivity index (χ1) is 10.0.